The lowest BCUT2D eigenvalue weighted by Crippen LogP contribution is -2.11. The molecule has 3 nitrogen and oxygen atoms in total. The molecule has 0 bridgehead atoms. The number of ether oxygens (including phenoxy) is 1. The van der Waals surface area contributed by atoms with Gasteiger partial charge in [-0.05, 0) is 42.3 Å². The maximum absolute atomic E-state index is 11.7. The van der Waals surface area contributed by atoms with Crippen molar-refractivity contribution in [2.24, 2.45) is 0 Å². The zero-order valence-corrected chi connectivity index (χ0v) is 11.5. The van der Waals surface area contributed by atoms with E-state index in [9.17, 15) is 4.79 Å². The predicted molar refractivity (Wildman–Crippen MR) is 77.8 cm³/mol. The third-order valence-corrected chi connectivity index (χ3v) is 3.06. The van der Waals surface area contributed by atoms with E-state index in [1.54, 1.807) is 6.07 Å². The number of aromatic nitrogens is 1. The Kier molecular flexibility index (Phi) is 4.63. The number of benzene rings is 1. The Morgan fingerprint density at radius 3 is 2.47 bits per heavy atom. The van der Waals surface area contributed by atoms with Gasteiger partial charge in [0.15, 0.2) is 0 Å². The van der Waals surface area contributed by atoms with Gasteiger partial charge in [0.2, 0.25) is 0 Å². The van der Waals surface area contributed by atoms with Gasteiger partial charge in [0.05, 0.1) is 12.5 Å². The van der Waals surface area contributed by atoms with Crippen LogP contribution in [0.15, 0.2) is 41.2 Å². The molecule has 0 fully saturated rings. The van der Waals surface area contributed by atoms with Crippen LogP contribution in [0.25, 0.3) is 11.3 Å². The zero-order valence-electron chi connectivity index (χ0n) is 10.8. The molecular weight excluding hydrogens is 262 g/mol. The van der Waals surface area contributed by atoms with Gasteiger partial charge in [-0.25, -0.2) is 0 Å². The summed E-state index contributed by atoms with van der Waals surface area (Å²) >= 11 is 5.66. The molecule has 2 aromatic rings. The third kappa shape index (κ3) is 3.38. The summed E-state index contributed by atoms with van der Waals surface area (Å²) in [5, 5.41) is 0. The lowest BCUT2D eigenvalue weighted by molar-refractivity contribution is 0.317. The largest absolute Gasteiger partial charge is 0.494 e. The van der Waals surface area contributed by atoms with E-state index in [0.717, 1.165) is 23.4 Å². The van der Waals surface area contributed by atoms with Crippen molar-refractivity contribution in [3.05, 3.63) is 52.3 Å². The van der Waals surface area contributed by atoms with Crippen LogP contribution in [-0.2, 0) is 5.88 Å². The third-order valence-electron chi connectivity index (χ3n) is 2.77. The van der Waals surface area contributed by atoms with E-state index in [1.807, 2.05) is 30.3 Å². The Balaban J connectivity index is 2.22. The van der Waals surface area contributed by atoms with Gasteiger partial charge in [-0.2, -0.15) is 0 Å². The second kappa shape index (κ2) is 6.43. The summed E-state index contributed by atoms with van der Waals surface area (Å²) in [6.45, 7) is 2.78. The van der Waals surface area contributed by atoms with E-state index in [4.69, 9.17) is 16.3 Å². The fraction of sp³-hybridized carbons (Fsp3) is 0.267. The molecule has 1 heterocycles. The van der Waals surface area contributed by atoms with E-state index >= 15 is 0 Å². The Morgan fingerprint density at radius 1 is 1.16 bits per heavy atom. The summed E-state index contributed by atoms with van der Waals surface area (Å²) in [5.41, 5.74) is 2.16. The van der Waals surface area contributed by atoms with Crippen molar-refractivity contribution < 1.29 is 4.74 Å². The van der Waals surface area contributed by atoms with Gasteiger partial charge in [0.25, 0.3) is 5.56 Å². The number of alkyl halides is 1. The van der Waals surface area contributed by atoms with Gasteiger partial charge in [-0.15, -0.1) is 11.6 Å². The molecule has 0 aliphatic heterocycles. The molecule has 0 atom stereocenters. The van der Waals surface area contributed by atoms with Crippen molar-refractivity contribution in [3.8, 4) is 17.0 Å². The van der Waals surface area contributed by atoms with E-state index in [1.165, 1.54) is 0 Å². The number of halogens is 1. The molecule has 0 unspecified atom stereocenters. The molecule has 0 aliphatic rings. The van der Waals surface area contributed by atoms with Gasteiger partial charge in [-0.1, -0.05) is 13.0 Å². The molecule has 19 heavy (non-hydrogen) atoms. The quantitative estimate of drug-likeness (QED) is 0.849. The zero-order chi connectivity index (χ0) is 13.7. The first kappa shape index (κ1) is 13.7. The fourth-order valence-electron chi connectivity index (χ4n) is 1.73. The van der Waals surface area contributed by atoms with Gasteiger partial charge in [-0.3, -0.25) is 4.79 Å². The second-order valence-electron chi connectivity index (χ2n) is 4.23. The lowest BCUT2D eigenvalue weighted by atomic mass is 10.1. The molecule has 0 amide bonds. The molecular formula is C15H16ClNO2. The van der Waals surface area contributed by atoms with Crippen molar-refractivity contribution >= 4 is 11.6 Å². The Bertz CT molecular complexity index is 590. The minimum Gasteiger partial charge on any atom is -0.494 e. The van der Waals surface area contributed by atoms with E-state index in [0.29, 0.717) is 12.2 Å². The van der Waals surface area contributed by atoms with E-state index in [2.05, 4.69) is 11.9 Å². The molecule has 2 rings (SSSR count). The molecule has 0 radical (unpaired) electrons. The van der Waals surface area contributed by atoms with Crippen LogP contribution >= 0.6 is 11.6 Å². The van der Waals surface area contributed by atoms with Crippen LogP contribution in [-0.4, -0.2) is 11.6 Å². The summed E-state index contributed by atoms with van der Waals surface area (Å²) in [5.74, 6) is 1.06. The Hall–Kier alpha value is -1.74. The van der Waals surface area contributed by atoms with Crippen molar-refractivity contribution in [2.75, 3.05) is 6.61 Å². The molecule has 0 spiro atoms. The fourth-order valence-corrected chi connectivity index (χ4v) is 1.94. The first-order valence-corrected chi connectivity index (χ1v) is 6.79. The maximum Gasteiger partial charge on any atom is 0.252 e. The first-order chi connectivity index (χ1) is 9.24. The number of rotatable bonds is 5. The van der Waals surface area contributed by atoms with Crippen molar-refractivity contribution in [2.45, 2.75) is 19.2 Å². The van der Waals surface area contributed by atoms with Gasteiger partial charge in [0, 0.05) is 11.3 Å². The minimum absolute atomic E-state index is 0.140. The molecule has 1 aromatic heterocycles. The number of aromatic amines is 1. The molecule has 0 saturated heterocycles. The van der Waals surface area contributed by atoms with Crippen LogP contribution in [0.1, 0.15) is 18.9 Å². The maximum atomic E-state index is 11.7. The average molecular weight is 278 g/mol. The summed E-state index contributed by atoms with van der Waals surface area (Å²) in [6, 6.07) is 11.3. The highest BCUT2D eigenvalue weighted by Gasteiger charge is 2.02. The summed E-state index contributed by atoms with van der Waals surface area (Å²) in [7, 11) is 0. The molecule has 0 saturated carbocycles. The van der Waals surface area contributed by atoms with Gasteiger partial charge >= 0.3 is 0 Å². The van der Waals surface area contributed by atoms with E-state index in [-0.39, 0.29) is 11.4 Å². The monoisotopic (exact) mass is 277 g/mol. The van der Waals surface area contributed by atoms with Crippen LogP contribution in [0, 0.1) is 0 Å². The van der Waals surface area contributed by atoms with Crippen LogP contribution in [0.3, 0.4) is 0 Å². The first-order valence-electron chi connectivity index (χ1n) is 6.26. The number of nitrogens with one attached hydrogen (secondary N) is 1. The molecule has 1 aromatic carbocycles. The molecule has 0 aliphatic carbocycles. The highest BCUT2D eigenvalue weighted by Crippen LogP contribution is 2.20. The average Bonchev–Trinajstić information content (AvgIpc) is 2.45. The number of hydrogen-bond donors (Lipinski definition) is 1. The smallest absolute Gasteiger partial charge is 0.252 e. The molecule has 1 N–H and O–H groups in total. The van der Waals surface area contributed by atoms with Crippen LogP contribution in [0.2, 0.25) is 0 Å². The summed E-state index contributed by atoms with van der Waals surface area (Å²) in [6.07, 6.45) is 0.981. The number of hydrogen-bond acceptors (Lipinski definition) is 2. The highest BCUT2D eigenvalue weighted by atomic mass is 35.5. The lowest BCUT2D eigenvalue weighted by Gasteiger charge is -2.06. The van der Waals surface area contributed by atoms with Crippen LogP contribution in [0.4, 0.5) is 0 Å². The number of H-pyrrole nitrogens is 1. The molecule has 100 valence electrons. The van der Waals surface area contributed by atoms with Crippen molar-refractivity contribution in [1.29, 1.82) is 0 Å². The Labute approximate surface area is 117 Å². The van der Waals surface area contributed by atoms with Crippen molar-refractivity contribution in [3.63, 3.8) is 0 Å². The molecule has 4 heteroatoms. The Morgan fingerprint density at radius 2 is 1.89 bits per heavy atom. The minimum atomic E-state index is -0.140. The standard InChI is InChI=1S/C15H16ClNO2/c1-2-9-19-13-6-3-11(4-7-13)14-8-5-12(10-16)15(18)17-14/h3-8H,2,9-10H2,1H3,(H,17,18). The summed E-state index contributed by atoms with van der Waals surface area (Å²) in [4.78, 5) is 14.5. The normalized spacial score (nSPS) is 10.4. The predicted octanol–water partition coefficient (Wildman–Crippen LogP) is 3.57. The SMILES string of the molecule is CCCOc1ccc(-c2ccc(CCl)c(=O)[nH]2)cc1. The topological polar surface area (TPSA) is 42.1 Å². The van der Waals surface area contributed by atoms with Gasteiger partial charge in [0.1, 0.15) is 5.75 Å². The number of pyridine rings is 1. The second-order valence-corrected chi connectivity index (χ2v) is 4.50. The highest BCUT2D eigenvalue weighted by molar-refractivity contribution is 6.17. The van der Waals surface area contributed by atoms with Crippen LogP contribution < -0.4 is 10.3 Å². The van der Waals surface area contributed by atoms with E-state index < -0.39 is 0 Å². The van der Waals surface area contributed by atoms with Crippen molar-refractivity contribution in [1.82, 2.24) is 4.98 Å². The summed E-state index contributed by atoms with van der Waals surface area (Å²) < 4.78 is 5.52. The van der Waals surface area contributed by atoms with Crippen LogP contribution in [0.5, 0.6) is 5.75 Å². The van der Waals surface area contributed by atoms with Gasteiger partial charge < -0.3 is 9.72 Å².